The van der Waals surface area contributed by atoms with Crippen molar-refractivity contribution in [3.63, 3.8) is 0 Å². The summed E-state index contributed by atoms with van der Waals surface area (Å²) in [6.45, 7) is 3.64. The van der Waals surface area contributed by atoms with Crippen LogP contribution in [0.5, 0.6) is 0 Å². The molecule has 0 aliphatic heterocycles. The first-order valence-corrected chi connectivity index (χ1v) is 9.49. The molecule has 1 unspecified atom stereocenters. The molecule has 0 radical (unpaired) electrons. The van der Waals surface area contributed by atoms with Gasteiger partial charge in [-0.15, -0.1) is 0 Å². The number of nitro groups is 1. The molecule has 0 aliphatic rings. The maximum Gasteiger partial charge on any atom is 0.269 e. The summed E-state index contributed by atoms with van der Waals surface area (Å²) in [5, 5.41) is 10.9. The standard InChI is InChI=1S/C22H24FN3O3/c1-29-14-13-24(15-18-6-10-21(11-7-18)26(27)28)17-22-3-2-12-25(22)16-19-4-8-20(23)9-5-19/h2-12H,13-17H2,1H3/p+1. The van der Waals surface area contributed by atoms with Crippen molar-refractivity contribution in [2.75, 3.05) is 20.3 Å². The second kappa shape index (κ2) is 9.95. The van der Waals surface area contributed by atoms with E-state index in [4.69, 9.17) is 4.74 Å². The van der Waals surface area contributed by atoms with Crippen LogP contribution in [0, 0.1) is 15.9 Å². The van der Waals surface area contributed by atoms with E-state index in [1.165, 1.54) is 22.7 Å². The molecular weight excluding hydrogens is 373 g/mol. The maximum absolute atomic E-state index is 13.2. The molecule has 3 rings (SSSR count). The molecule has 0 bridgehead atoms. The number of ether oxygens (including phenoxy) is 1. The summed E-state index contributed by atoms with van der Waals surface area (Å²) >= 11 is 0. The Balaban J connectivity index is 1.70. The summed E-state index contributed by atoms with van der Waals surface area (Å²) in [7, 11) is 1.68. The highest BCUT2D eigenvalue weighted by Crippen LogP contribution is 2.12. The van der Waals surface area contributed by atoms with Crippen LogP contribution in [0.2, 0.25) is 0 Å². The van der Waals surface area contributed by atoms with Crippen molar-refractivity contribution in [1.82, 2.24) is 4.57 Å². The number of hydrogen-bond acceptors (Lipinski definition) is 3. The molecule has 152 valence electrons. The van der Waals surface area contributed by atoms with Gasteiger partial charge >= 0.3 is 0 Å². The number of nitro benzene ring substituents is 1. The monoisotopic (exact) mass is 398 g/mol. The Morgan fingerprint density at radius 2 is 1.72 bits per heavy atom. The summed E-state index contributed by atoms with van der Waals surface area (Å²) in [6, 6.07) is 17.3. The number of non-ortho nitro benzene ring substituents is 1. The van der Waals surface area contributed by atoms with E-state index in [0.29, 0.717) is 13.2 Å². The predicted molar refractivity (Wildman–Crippen MR) is 108 cm³/mol. The number of methoxy groups -OCH3 is 1. The smallest absolute Gasteiger partial charge is 0.269 e. The highest BCUT2D eigenvalue weighted by molar-refractivity contribution is 5.32. The summed E-state index contributed by atoms with van der Waals surface area (Å²) in [5.41, 5.74) is 3.35. The van der Waals surface area contributed by atoms with Gasteiger partial charge in [-0.2, -0.15) is 0 Å². The second-order valence-electron chi connectivity index (χ2n) is 7.02. The van der Waals surface area contributed by atoms with E-state index in [-0.39, 0.29) is 16.4 Å². The van der Waals surface area contributed by atoms with Gasteiger partial charge < -0.3 is 14.2 Å². The largest absolute Gasteiger partial charge is 0.379 e. The van der Waals surface area contributed by atoms with Crippen LogP contribution >= 0.6 is 0 Å². The fourth-order valence-electron chi connectivity index (χ4n) is 3.32. The fraction of sp³-hybridized carbons (Fsp3) is 0.273. The molecule has 0 amide bonds. The van der Waals surface area contributed by atoms with Gasteiger partial charge in [0.25, 0.3) is 5.69 Å². The third kappa shape index (κ3) is 5.97. The molecule has 6 nitrogen and oxygen atoms in total. The van der Waals surface area contributed by atoms with Gasteiger partial charge in [0, 0.05) is 37.5 Å². The quantitative estimate of drug-likeness (QED) is 0.422. The van der Waals surface area contributed by atoms with Crippen LogP contribution in [0.4, 0.5) is 10.1 Å². The van der Waals surface area contributed by atoms with Gasteiger partial charge in [-0.1, -0.05) is 12.1 Å². The van der Waals surface area contributed by atoms with E-state index in [0.717, 1.165) is 30.8 Å². The molecule has 0 fully saturated rings. The van der Waals surface area contributed by atoms with Crippen LogP contribution < -0.4 is 4.90 Å². The van der Waals surface area contributed by atoms with E-state index >= 15 is 0 Å². The number of nitrogens with zero attached hydrogens (tertiary/aromatic N) is 2. The minimum absolute atomic E-state index is 0.0976. The molecule has 1 aromatic heterocycles. The van der Waals surface area contributed by atoms with Crippen LogP contribution in [0.1, 0.15) is 16.8 Å². The van der Waals surface area contributed by atoms with Crippen molar-refractivity contribution in [1.29, 1.82) is 0 Å². The number of benzene rings is 2. The zero-order valence-corrected chi connectivity index (χ0v) is 16.4. The normalized spacial score (nSPS) is 12.1. The number of hydrogen-bond donors (Lipinski definition) is 1. The van der Waals surface area contributed by atoms with Crippen molar-refractivity contribution in [3.05, 3.63) is 99.6 Å². The molecule has 0 saturated heterocycles. The minimum Gasteiger partial charge on any atom is -0.379 e. The Kier molecular flexibility index (Phi) is 7.10. The summed E-state index contributed by atoms with van der Waals surface area (Å²) < 4.78 is 20.6. The van der Waals surface area contributed by atoms with E-state index in [9.17, 15) is 14.5 Å². The molecular formula is C22H25FN3O3+. The van der Waals surface area contributed by atoms with Gasteiger partial charge in [0.1, 0.15) is 25.5 Å². The second-order valence-corrected chi connectivity index (χ2v) is 7.02. The number of quaternary nitrogens is 1. The Morgan fingerprint density at radius 1 is 1.03 bits per heavy atom. The highest BCUT2D eigenvalue weighted by Gasteiger charge is 2.14. The minimum atomic E-state index is -0.387. The van der Waals surface area contributed by atoms with E-state index in [1.807, 2.05) is 24.4 Å². The van der Waals surface area contributed by atoms with Gasteiger partial charge in [0.2, 0.25) is 0 Å². The van der Waals surface area contributed by atoms with E-state index in [1.54, 1.807) is 31.4 Å². The topological polar surface area (TPSA) is 61.7 Å². The maximum atomic E-state index is 13.2. The summed E-state index contributed by atoms with van der Waals surface area (Å²) in [5.74, 6) is -0.236. The highest BCUT2D eigenvalue weighted by atomic mass is 19.1. The Morgan fingerprint density at radius 3 is 2.38 bits per heavy atom. The van der Waals surface area contributed by atoms with Crippen LogP contribution in [0.15, 0.2) is 66.9 Å². The first kappa shape index (κ1) is 20.7. The molecule has 0 aliphatic carbocycles. The van der Waals surface area contributed by atoms with E-state index in [2.05, 4.69) is 10.6 Å². The number of nitrogens with one attached hydrogen (secondary N) is 1. The van der Waals surface area contributed by atoms with Gasteiger partial charge in [-0.25, -0.2) is 4.39 Å². The lowest BCUT2D eigenvalue weighted by atomic mass is 10.2. The average molecular weight is 398 g/mol. The zero-order valence-electron chi connectivity index (χ0n) is 16.4. The van der Waals surface area contributed by atoms with Crippen molar-refractivity contribution < 1.29 is 19.0 Å². The average Bonchev–Trinajstić information content (AvgIpc) is 3.15. The van der Waals surface area contributed by atoms with Gasteiger partial charge in [-0.05, 0) is 42.0 Å². The van der Waals surface area contributed by atoms with Crippen molar-refractivity contribution in [2.24, 2.45) is 0 Å². The molecule has 0 saturated carbocycles. The number of halogens is 1. The SMILES string of the molecule is COCC[NH+](Cc1ccc([N+](=O)[O-])cc1)Cc1cccn1Cc1ccc(F)cc1. The lowest BCUT2D eigenvalue weighted by molar-refractivity contribution is -0.928. The van der Waals surface area contributed by atoms with E-state index < -0.39 is 0 Å². The number of rotatable bonds is 10. The molecule has 1 atom stereocenters. The third-order valence-corrected chi connectivity index (χ3v) is 4.88. The molecule has 1 N–H and O–H groups in total. The molecule has 3 aromatic rings. The lowest BCUT2D eigenvalue weighted by Crippen LogP contribution is -3.10. The van der Waals surface area contributed by atoms with Crippen LogP contribution in [-0.4, -0.2) is 29.8 Å². The first-order valence-electron chi connectivity index (χ1n) is 9.49. The predicted octanol–water partition coefficient (Wildman–Crippen LogP) is 2.82. The fourth-order valence-corrected chi connectivity index (χ4v) is 3.32. The molecule has 2 aromatic carbocycles. The Hall–Kier alpha value is -3.03. The Labute approximate surface area is 169 Å². The number of aromatic nitrogens is 1. The first-order chi connectivity index (χ1) is 14.0. The zero-order chi connectivity index (χ0) is 20.6. The molecule has 7 heteroatoms. The van der Waals surface area contributed by atoms with Crippen LogP contribution in [-0.2, 0) is 24.4 Å². The van der Waals surface area contributed by atoms with Gasteiger partial charge in [-0.3, -0.25) is 10.1 Å². The summed E-state index contributed by atoms with van der Waals surface area (Å²) in [4.78, 5) is 11.8. The van der Waals surface area contributed by atoms with Crippen molar-refractivity contribution in [2.45, 2.75) is 19.6 Å². The summed E-state index contributed by atoms with van der Waals surface area (Å²) in [6.07, 6.45) is 2.03. The van der Waals surface area contributed by atoms with Gasteiger partial charge in [0.05, 0.1) is 17.2 Å². The van der Waals surface area contributed by atoms with Gasteiger partial charge in [0.15, 0.2) is 0 Å². The molecule has 1 heterocycles. The van der Waals surface area contributed by atoms with Crippen molar-refractivity contribution in [3.8, 4) is 0 Å². The third-order valence-electron chi connectivity index (χ3n) is 4.88. The van der Waals surface area contributed by atoms with Crippen molar-refractivity contribution >= 4 is 5.69 Å². The van der Waals surface area contributed by atoms with Crippen LogP contribution in [0.25, 0.3) is 0 Å². The molecule has 29 heavy (non-hydrogen) atoms. The molecule has 0 spiro atoms. The lowest BCUT2D eigenvalue weighted by Gasteiger charge is -2.20. The van der Waals surface area contributed by atoms with Crippen LogP contribution in [0.3, 0.4) is 0 Å². The Bertz CT molecular complexity index is 923.